The second-order valence-electron chi connectivity index (χ2n) is 6.88. The molecule has 0 aromatic carbocycles. The number of thiocarbonyl (C=S) groups is 1. The van der Waals surface area contributed by atoms with E-state index in [-0.39, 0.29) is 17.4 Å². The Balaban J connectivity index is 1.93. The Morgan fingerprint density at radius 2 is 1.95 bits per heavy atom. The lowest BCUT2D eigenvalue weighted by Crippen LogP contribution is -2.48. The lowest BCUT2D eigenvalue weighted by molar-refractivity contribution is -0.132. The summed E-state index contributed by atoms with van der Waals surface area (Å²) in [5, 5.41) is 2.93. The van der Waals surface area contributed by atoms with Crippen molar-refractivity contribution in [2.24, 2.45) is 11.1 Å². The van der Waals surface area contributed by atoms with Crippen LogP contribution in [0, 0.1) is 5.41 Å². The summed E-state index contributed by atoms with van der Waals surface area (Å²) in [4.78, 5) is 26.5. The van der Waals surface area contributed by atoms with Gasteiger partial charge in [0.25, 0.3) is 5.91 Å². The van der Waals surface area contributed by atoms with E-state index in [9.17, 15) is 9.59 Å². The van der Waals surface area contributed by atoms with E-state index in [4.69, 9.17) is 18.0 Å². The maximum absolute atomic E-state index is 12.6. The van der Waals surface area contributed by atoms with Crippen LogP contribution in [0.3, 0.4) is 0 Å². The summed E-state index contributed by atoms with van der Waals surface area (Å²) >= 11 is 5.04. The molecule has 2 aliphatic rings. The van der Waals surface area contributed by atoms with Crippen LogP contribution in [0.5, 0.6) is 0 Å². The van der Waals surface area contributed by atoms with Gasteiger partial charge in [0.15, 0.2) is 0 Å². The quantitative estimate of drug-likeness (QED) is 0.603. The SMILES string of the molecule is CC(C)(CCCN1C(=O)NC2(CCCCC2)C1=O)C(N)=S. The van der Waals surface area contributed by atoms with Crippen LogP contribution in [0.2, 0.25) is 0 Å². The van der Waals surface area contributed by atoms with E-state index in [2.05, 4.69) is 5.32 Å². The molecule has 1 saturated heterocycles. The zero-order valence-corrected chi connectivity index (χ0v) is 13.7. The first-order valence-corrected chi connectivity index (χ1v) is 8.13. The van der Waals surface area contributed by atoms with Gasteiger partial charge in [0.1, 0.15) is 5.54 Å². The van der Waals surface area contributed by atoms with Crippen molar-refractivity contribution in [1.82, 2.24) is 10.2 Å². The van der Waals surface area contributed by atoms with Crippen molar-refractivity contribution in [3.8, 4) is 0 Å². The van der Waals surface area contributed by atoms with Crippen molar-refractivity contribution in [2.45, 2.75) is 64.3 Å². The number of carbonyl (C=O) groups is 2. The molecule has 5 nitrogen and oxygen atoms in total. The van der Waals surface area contributed by atoms with Gasteiger partial charge in [0.2, 0.25) is 0 Å². The maximum Gasteiger partial charge on any atom is 0.325 e. The van der Waals surface area contributed by atoms with Crippen LogP contribution >= 0.6 is 12.2 Å². The highest BCUT2D eigenvalue weighted by Crippen LogP contribution is 2.34. The van der Waals surface area contributed by atoms with Crippen molar-refractivity contribution in [1.29, 1.82) is 0 Å². The van der Waals surface area contributed by atoms with Crippen molar-refractivity contribution in [3.05, 3.63) is 0 Å². The van der Waals surface area contributed by atoms with Gasteiger partial charge in [0.05, 0.1) is 4.99 Å². The smallest absolute Gasteiger partial charge is 0.325 e. The van der Waals surface area contributed by atoms with Crippen molar-refractivity contribution in [2.75, 3.05) is 6.54 Å². The zero-order chi connectivity index (χ0) is 15.7. The Labute approximate surface area is 131 Å². The number of nitrogens with two attached hydrogens (primary N) is 1. The van der Waals surface area contributed by atoms with Gasteiger partial charge in [-0.1, -0.05) is 45.3 Å². The van der Waals surface area contributed by atoms with Crippen molar-refractivity contribution in [3.63, 3.8) is 0 Å². The summed E-state index contributed by atoms with van der Waals surface area (Å²) in [5.74, 6) is -0.0414. The fourth-order valence-corrected chi connectivity index (χ4v) is 3.28. The van der Waals surface area contributed by atoms with Crippen LogP contribution in [0.15, 0.2) is 0 Å². The summed E-state index contributed by atoms with van der Waals surface area (Å²) in [6, 6.07) is -0.241. The van der Waals surface area contributed by atoms with E-state index >= 15 is 0 Å². The number of hydrogen-bond acceptors (Lipinski definition) is 3. The monoisotopic (exact) mass is 311 g/mol. The van der Waals surface area contributed by atoms with Crippen molar-refractivity contribution < 1.29 is 9.59 Å². The predicted octanol–water partition coefficient (Wildman–Crippen LogP) is 2.33. The molecule has 1 spiro atoms. The maximum atomic E-state index is 12.6. The second-order valence-corrected chi connectivity index (χ2v) is 7.32. The molecule has 1 aliphatic heterocycles. The summed E-state index contributed by atoms with van der Waals surface area (Å²) in [7, 11) is 0. The largest absolute Gasteiger partial charge is 0.393 e. The highest BCUT2D eigenvalue weighted by Gasteiger charge is 2.50. The minimum atomic E-state index is -0.617. The molecule has 118 valence electrons. The van der Waals surface area contributed by atoms with E-state index < -0.39 is 5.54 Å². The molecule has 1 aliphatic carbocycles. The average molecular weight is 311 g/mol. The minimum Gasteiger partial charge on any atom is -0.393 e. The number of nitrogens with one attached hydrogen (secondary N) is 1. The van der Waals surface area contributed by atoms with Gasteiger partial charge >= 0.3 is 6.03 Å². The highest BCUT2D eigenvalue weighted by molar-refractivity contribution is 7.80. The molecule has 3 N–H and O–H groups in total. The molecule has 0 bridgehead atoms. The van der Waals surface area contributed by atoms with E-state index in [0.717, 1.165) is 44.9 Å². The third-order valence-corrected chi connectivity index (χ3v) is 5.36. The highest BCUT2D eigenvalue weighted by atomic mass is 32.1. The van der Waals surface area contributed by atoms with E-state index in [1.807, 2.05) is 13.8 Å². The minimum absolute atomic E-state index is 0.0414. The topological polar surface area (TPSA) is 75.4 Å². The normalized spacial score (nSPS) is 21.7. The summed E-state index contributed by atoms with van der Waals surface area (Å²) in [5.41, 5.74) is 4.85. The summed E-state index contributed by atoms with van der Waals surface area (Å²) < 4.78 is 0. The molecule has 0 aromatic heterocycles. The standard InChI is InChI=1S/C15H25N3O2S/c1-14(2,11(16)21)7-6-10-18-12(19)15(17-13(18)20)8-4-3-5-9-15/h3-10H2,1-2H3,(H2,16,21)(H,17,20). The number of hydrogen-bond donors (Lipinski definition) is 2. The van der Waals surface area contributed by atoms with Crippen LogP contribution in [-0.4, -0.2) is 33.9 Å². The first-order chi connectivity index (χ1) is 9.78. The first kappa shape index (κ1) is 16.2. The van der Waals surface area contributed by atoms with Gasteiger partial charge in [-0.2, -0.15) is 0 Å². The van der Waals surface area contributed by atoms with Gasteiger partial charge < -0.3 is 11.1 Å². The number of urea groups is 1. The molecule has 1 saturated carbocycles. The summed E-state index contributed by atoms with van der Waals surface area (Å²) in [6.07, 6.45) is 6.20. The molecule has 3 amide bonds. The molecule has 2 fully saturated rings. The molecule has 21 heavy (non-hydrogen) atoms. The molecule has 2 rings (SSSR count). The molecule has 0 radical (unpaired) electrons. The first-order valence-electron chi connectivity index (χ1n) is 7.73. The molecule has 0 atom stereocenters. The molecular weight excluding hydrogens is 286 g/mol. The number of rotatable bonds is 5. The van der Waals surface area contributed by atoms with Crippen LogP contribution in [0.25, 0.3) is 0 Å². The van der Waals surface area contributed by atoms with Crippen LogP contribution in [0.4, 0.5) is 4.79 Å². The summed E-state index contributed by atoms with van der Waals surface area (Å²) in [6.45, 7) is 4.42. The number of imide groups is 1. The molecule has 1 heterocycles. The Bertz CT molecular complexity index is 456. The Kier molecular flexibility index (Phi) is 4.56. The van der Waals surface area contributed by atoms with E-state index in [0.29, 0.717) is 11.5 Å². The Morgan fingerprint density at radius 1 is 1.33 bits per heavy atom. The average Bonchev–Trinajstić information content (AvgIpc) is 2.63. The molecule has 0 unspecified atom stereocenters. The van der Waals surface area contributed by atoms with Gasteiger partial charge in [-0.15, -0.1) is 0 Å². The number of carbonyl (C=O) groups excluding carboxylic acids is 2. The Morgan fingerprint density at radius 3 is 2.52 bits per heavy atom. The van der Waals surface area contributed by atoms with Crippen LogP contribution in [-0.2, 0) is 4.79 Å². The van der Waals surface area contributed by atoms with E-state index in [1.54, 1.807) is 0 Å². The van der Waals surface area contributed by atoms with Crippen LogP contribution < -0.4 is 11.1 Å². The number of nitrogens with zero attached hydrogens (tertiary/aromatic N) is 1. The van der Waals surface area contributed by atoms with Crippen LogP contribution in [0.1, 0.15) is 58.8 Å². The molecule has 0 aromatic rings. The van der Waals surface area contributed by atoms with E-state index in [1.165, 1.54) is 4.90 Å². The Hall–Kier alpha value is -1.17. The molecular formula is C15H25N3O2S. The van der Waals surface area contributed by atoms with Crippen molar-refractivity contribution >= 4 is 29.1 Å². The number of amides is 3. The zero-order valence-electron chi connectivity index (χ0n) is 12.9. The predicted molar refractivity (Wildman–Crippen MR) is 85.9 cm³/mol. The third kappa shape index (κ3) is 3.20. The lowest BCUT2D eigenvalue weighted by atomic mass is 9.81. The fraction of sp³-hybridized carbons (Fsp3) is 0.800. The van der Waals surface area contributed by atoms with Gasteiger partial charge in [0, 0.05) is 12.0 Å². The van der Waals surface area contributed by atoms with Gasteiger partial charge in [-0.05, 0) is 25.7 Å². The van der Waals surface area contributed by atoms with Gasteiger partial charge in [-0.3, -0.25) is 9.69 Å². The third-order valence-electron chi connectivity index (χ3n) is 4.80. The lowest BCUT2D eigenvalue weighted by Gasteiger charge is -2.30. The fourth-order valence-electron chi connectivity index (χ4n) is 3.18. The molecule has 6 heteroatoms. The second kappa shape index (κ2) is 5.91. The van der Waals surface area contributed by atoms with Gasteiger partial charge in [-0.25, -0.2) is 4.79 Å².